The third kappa shape index (κ3) is 3.82. The van der Waals surface area contributed by atoms with Crippen LogP contribution >= 0.6 is 0 Å². The van der Waals surface area contributed by atoms with Gasteiger partial charge < -0.3 is 10.1 Å². The van der Waals surface area contributed by atoms with E-state index in [0.717, 1.165) is 25.6 Å². The minimum absolute atomic E-state index is 0.0762. The number of nitrogens with one attached hydrogen (secondary N) is 1. The Hall–Kier alpha value is -0.870. The van der Waals surface area contributed by atoms with Crippen LogP contribution in [0.15, 0.2) is 12.3 Å². The Morgan fingerprint density at radius 3 is 2.94 bits per heavy atom. The van der Waals surface area contributed by atoms with E-state index in [1.807, 2.05) is 6.20 Å². The molecule has 0 radical (unpaired) electrons. The Balaban J connectivity index is 1.84. The van der Waals surface area contributed by atoms with Gasteiger partial charge in [-0.3, -0.25) is 4.68 Å². The maximum atomic E-state index is 5.43. The zero-order valence-electron chi connectivity index (χ0n) is 11.1. The molecule has 2 rings (SSSR count). The molecule has 0 spiro atoms. The van der Waals surface area contributed by atoms with Crippen molar-refractivity contribution < 1.29 is 4.74 Å². The van der Waals surface area contributed by atoms with Crippen LogP contribution in [-0.2, 0) is 17.8 Å². The molecule has 1 aromatic rings. The van der Waals surface area contributed by atoms with Crippen LogP contribution < -0.4 is 5.32 Å². The van der Waals surface area contributed by atoms with Crippen molar-refractivity contribution in [1.82, 2.24) is 15.1 Å². The molecule has 1 heterocycles. The van der Waals surface area contributed by atoms with E-state index in [9.17, 15) is 0 Å². The Bertz CT molecular complexity index is 355. The average molecular weight is 237 g/mol. The van der Waals surface area contributed by atoms with E-state index in [-0.39, 0.29) is 5.60 Å². The highest BCUT2D eigenvalue weighted by Gasteiger charge is 2.21. The third-order valence-corrected chi connectivity index (χ3v) is 3.43. The number of methoxy groups -OCH3 is 1. The molecule has 1 N–H and O–H groups in total. The summed E-state index contributed by atoms with van der Waals surface area (Å²) in [4.78, 5) is 0. The van der Waals surface area contributed by atoms with E-state index in [2.05, 4.69) is 35.0 Å². The monoisotopic (exact) mass is 237 g/mol. The largest absolute Gasteiger partial charge is 0.379 e. The van der Waals surface area contributed by atoms with Crippen molar-refractivity contribution in [3.8, 4) is 0 Å². The highest BCUT2D eigenvalue weighted by Crippen LogP contribution is 2.19. The zero-order valence-corrected chi connectivity index (χ0v) is 11.1. The summed E-state index contributed by atoms with van der Waals surface area (Å²) in [6.07, 6.45) is 5.50. The van der Waals surface area contributed by atoms with Crippen LogP contribution in [-0.4, -0.2) is 28.5 Å². The first-order chi connectivity index (χ1) is 8.11. The van der Waals surface area contributed by atoms with Gasteiger partial charge >= 0.3 is 0 Å². The molecule has 4 nitrogen and oxygen atoms in total. The Labute approximate surface area is 103 Å². The van der Waals surface area contributed by atoms with Crippen molar-refractivity contribution in [2.45, 2.75) is 57.8 Å². The van der Waals surface area contributed by atoms with E-state index in [4.69, 9.17) is 4.74 Å². The predicted molar refractivity (Wildman–Crippen MR) is 67.8 cm³/mol. The lowest BCUT2D eigenvalue weighted by Crippen LogP contribution is -2.26. The second kappa shape index (κ2) is 5.19. The Kier molecular flexibility index (Phi) is 3.84. The molecule has 1 aromatic heterocycles. The molecule has 0 aromatic carbocycles. The summed E-state index contributed by atoms with van der Waals surface area (Å²) in [5, 5.41) is 7.89. The van der Waals surface area contributed by atoms with Gasteiger partial charge in [0.2, 0.25) is 0 Å². The second-order valence-corrected chi connectivity index (χ2v) is 5.41. The van der Waals surface area contributed by atoms with Gasteiger partial charge in [0, 0.05) is 32.4 Å². The van der Waals surface area contributed by atoms with Gasteiger partial charge in [-0.25, -0.2) is 0 Å². The fourth-order valence-electron chi connectivity index (χ4n) is 1.73. The number of aromatic nitrogens is 2. The smallest absolute Gasteiger partial charge is 0.0640 e. The summed E-state index contributed by atoms with van der Waals surface area (Å²) in [6.45, 7) is 6.06. The fraction of sp³-hybridized carbons (Fsp3) is 0.769. The molecule has 0 unspecified atom stereocenters. The third-order valence-electron chi connectivity index (χ3n) is 3.43. The van der Waals surface area contributed by atoms with Crippen molar-refractivity contribution >= 4 is 0 Å². The van der Waals surface area contributed by atoms with E-state index in [0.29, 0.717) is 0 Å². The summed E-state index contributed by atoms with van der Waals surface area (Å²) in [7, 11) is 1.76. The number of aryl methyl sites for hydroxylation is 1. The highest BCUT2D eigenvalue weighted by molar-refractivity contribution is 5.01. The topological polar surface area (TPSA) is 39.1 Å². The van der Waals surface area contributed by atoms with E-state index in [1.165, 1.54) is 18.5 Å². The quantitative estimate of drug-likeness (QED) is 0.788. The van der Waals surface area contributed by atoms with Gasteiger partial charge in [-0.05, 0) is 39.2 Å². The van der Waals surface area contributed by atoms with Gasteiger partial charge in [-0.2, -0.15) is 5.10 Å². The van der Waals surface area contributed by atoms with Crippen LogP contribution in [0.4, 0.5) is 0 Å². The predicted octanol–water partition coefficient (Wildman–Crippen LogP) is 1.95. The molecule has 0 amide bonds. The van der Waals surface area contributed by atoms with Crippen molar-refractivity contribution in [2.75, 3.05) is 7.11 Å². The lowest BCUT2D eigenvalue weighted by atomic mass is 10.1. The zero-order chi connectivity index (χ0) is 12.3. The molecule has 4 heteroatoms. The summed E-state index contributed by atoms with van der Waals surface area (Å²) in [5.74, 6) is 0. The first kappa shape index (κ1) is 12.6. The Morgan fingerprint density at radius 2 is 2.29 bits per heavy atom. The molecule has 0 atom stereocenters. The van der Waals surface area contributed by atoms with Gasteiger partial charge in [0.05, 0.1) is 11.3 Å². The molecule has 96 valence electrons. The SMILES string of the molecule is COC(C)(C)CCn1nccc1CNC1CC1. The molecule has 1 aliphatic carbocycles. The van der Waals surface area contributed by atoms with Gasteiger partial charge in [0.15, 0.2) is 0 Å². The molecule has 17 heavy (non-hydrogen) atoms. The number of rotatable bonds is 7. The van der Waals surface area contributed by atoms with Crippen LogP contribution in [0.2, 0.25) is 0 Å². The lowest BCUT2D eigenvalue weighted by molar-refractivity contribution is 0.0111. The summed E-state index contributed by atoms with van der Waals surface area (Å²) in [6, 6.07) is 2.84. The number of hydrogen-bond acceptors (Lipinski definition) is 3. The van der Waals surface area contributed by atoms with Crippen molar-refractivity contribution in [2.24, 2.45) is 0 Å². The Morgan fingerprint density at radius 1 is 1.53 bits per heavy atom. The first-order valence-electron chi connectivity index (χ1n) is 6.40. The van der Waals surface area contributed by atoms with Crippen LogP contribution in [0, 0.1) is 0 Å². The van der Waals surface area contributed by atoms with Crippen LogP contribution in [0.3, 0.4) is 0 Å². The highest BCUT2D eigenvalue weighted by atomic mass is 16.5. The summed E-state index contributed by atoms with van der Waals surface area (Å²) >= 11 is 0. The molecular weight excluding hydrogens is 214 g/mol. The summed E-state index contributed by atoms with van der Waals surface area (Å²) in [5.41, 5.74) is 1.19. The number of ether oxygens (including phenoxy) is 1. The van der Waals surface area contributed by atoms with Crippen LogP contribution in [0.5, 0.6) is 0 Å². The van der Waals surface area contributed by atoms with E-state index >= 15 is 0 Å². The molecule has 0 saturated heterocycles. The van der Waals surface area contributed by atoms with Crippen molar-refractivity contribution in [3.63, 3.8) is 0 Å². The lowest BCUT2D eigenvalue weighted by Gasteiger charge is -2.23. The average Bonchev–Trinajstić information content (AvgIpc) is 3.03. The maximum Gasteiger partial charge on any atom is 0.0640 e. The molecule has 0 bridgehead atoms. The molecule has 1 saturated carbocycles. The fourth-order valence-corrected chi connectivity index (χ4v) is 1.73. The number of nitrogens with zero attached hydrogens (tertiary/aromatic N) is 2. The molecule has 1 fully saturated rings. The number of hydrogen-bond donors (Lipinski definition) is 1. The molecular formula is C13H23N3O. The normalized spacial score (nSPS) is 16.4. The minimum atomic E-state index is -0.0762. The van der Waals surface area contributed by atoms with Gasteiger partial charge in [-0.1, -0.05) is 0 Å². The van der Waals surface area contributed by atoms with E-state index < -0.39 is 0 Å². The molecule has 0 aliphatic heterocycles. The van der Waals surface area contributed by atoms with E-state index in [1.54, 1.807) is 7.11 Å². The standard InChI is InChI=1S/C13H23N3O/c1-13(2,17-3)7-9-16-12(6-8-15-16)10-14-11-4-5-11/h6,8,11,14H,4-5,7,9-10H2,1-3H3. The first-order valence-corrected chi connectivity index (χ1v) is 6.40. The maximum absolute atomic E-state index is 5.43. The molecule has 1 aliphatic rings. The van der Waals surface area contributed by atoms with Gasteiger partial charge in [0.25, 0.3) is 0 Å². The minimum Gasteiger partial charge on any atom is -0.379 e. The van der Waals surface area contributed by atoms with Crippen molar-refractivity contribution in [3.05, 3.63) is 18.0 Å². The van der Waals surface area contributed by atoms with Crippen molar-refractivity contribution in [1.29, 1.82) is 0 Å². The van der Waals surface area contributed by atoms with Crippen LogP contribution in [0.25, 0.3) is 0 Å². The second-order valence-electron chi connectivity index (χ2n) is 5.41. The van der Waals surface area contributed by atoms with Crippen LogP contribution in [0.1, 0.15) is 38.8 Å². The summed E-state index contributed by atoms with van der Waals surface area (Å²) < 4.78 is 7.51. The van der Waals surface area contributed by atoms with Gasteiger partial charge in [0.1, 0.15) is 0 Å². The van der Waals surface area contributed by atoms with Gasteiger partial charge in [-0.15, -0.1) is 0 Å².